The number of hydrogen-bond donors (Lipinski definition) is 2. The van der Waals surface area contributed by atoms with Crippen molar-refractivity contribution in [3.63, 3.8) is 0 Å². The lowest BCUT2D eigenvalue weighted by Crippen LogP contribution is -2.13. The SMILES string of the molecule is CC1(C)CC2=CC3=NC(=CC4=NC(=CC5=NC(=C/C5=C\O)C=C1N2)C=C4)C=C3. The Morgan fingerprint density at radius 2 is 1.57 bits per heavy atom. The molecular formula is C23H20N4O. The summed E-state index contributed by atoms with van der Waals surface area (Å²) in [5.74, 6) is 0. The van der Waals surface area contributed by atoms with E-state index >= 15 is 0 Å². The van der Waals surface area contributed by atoms with Gasteiger partial charge in [0, 0.05) is 22.4 Å². The summed E-state index contributed by atoms with van der Waals surface area (Å²) in [6.45, 7) is 4.42. The van der Waals surface area contributed by atoms with Crippen LogP contribution in [0.5, 0.6) is 0 Å². The molecule has 5 aliphatic rings. The second-order valence-corrected chi connectivity index (χ2v) is 7.94. The van der Waals surface area contributed by atoms with Gasteiger partial charge < -0.3 is 10.4 Å². The molecule has 0 spiro atoms. The Balaban J connectivity index is 1.67. The van der Waals surface area contributed by atoms with Crippen LogP contribution >= 0.6 is 0 Å². The molecule has 0 aromatic rings. The van der Waals surface area contributed by atoms with Crippen molar-refractivity contribution < 1.29 is 5.11 Å². The quantitative estimate of drug-likeness (QED) is 0.624. The molecule has 0 aromatic heterocycles. The molecular weight excluding hydrogens is 348 g/mol. The topological polar surface area (TPSA) is 69.3 Å². The predicted octanol–water partition coefficient (Wildman–Crippen LogP) is 4.36. The maximum atomic E-state index is 9.64. The van der Waals surface area contributed by atoms with Crippen LogP contribution in [-0.2, 0) is 0 Å². The van der Waals surface area contributed by atoms with Crippen LogP contribution in [0.3, 0.4) is 0 Å². The van der Waals surface area contributed by atoms with E-state index in [4.69, 9.17) is 4.99 Å². The van der Waals surface area contributed by atoms with Gasteiger partial charge in [0.1, 0.15) is 0 Å². The molecule has 8 bridgehead atoms. The van der Waals surface area contributed by atoms with E-state index in [1.165, 1.54) is 0 Å². The Morgan fingerprint density at radius 3 is 2.32 bits per heavy atom. The number of allylic oxidation sites excluding steroid dienone is 12. The lowest BCUT2D eigenvalue weighted by Gasteiger charge is -2.17. The lowest BCUT2D eigenvalue weighted by atomic mass is 9.88. The first-order chi connectivity index (χ1) is 13.5. The number of rotatable bonds is 0. The third-order valence-corrected chi connectivity index (χ3v) is 5.21. The van der Waals surface area contributed by atoms with Gasteiger partial charge >= 0.3 is 0 Å². The summed E-state index contributed by atoms with van der Waals surface area (Å²) < 4.78 is 0. The van der Waals surface area contributed by atoms with E-state index in [-0.39, 0.29) is 5.41 Å². The standard InChI is InChI=1S/C23H20N4O/c1-23(2)12-20-9-17-4-3-15(24-17)8-16-5-6-18(25-16)10-21-14(13-28)7-19(26-21)11-22(23)27-20/h3-11,13,27-28H,12H2,1-2H3/b14-13+,15-8?,18-10?,20-9?,22-11?. The molecule has 0 unspecified atom stereocenters. The van der Waals surface area contributed by atoms with Gasteiger partial charge in [-0.3, -0.25) is 0 Å². The number of aliphatic hydroxyl groups excluding tert-OH is 1. The average molecular weight is 368 g/mol. The zero-order valence-corrected chi connectivity index (χ0v) is 15.8. The van der Waals surface area contributed by atoms with E-state index in [1.807, 2.05) is 42.5 Å². The maximum Gasteiger partial charge on any atom is 0.0886 e. The van der Waals surface area contributed by atoms with Crippen molar-refractivity contribution in [1.82, 2.24) is 5.32 Å². The number of aliphatic imine (C=N–C) groups is 3. The molecule has 0 aromatic carbocycles. The van der Waals surface area contributed by atoms with Crippen molar-refractivity contribution in [2.24, 2.45) is 20.4 Å². The summed E-state index contributed by atoms with van der Waals surface area (Å²) in [5, 5.41) is 13.2. The largest absolute Gasteiger partial charge is 0.515 e. The van der Waals surface area contributed by atoms with Gasteiger partial charge in [0.2, 0.25) is 0 Å². The lowest BCUT2D eigenvalue weighted by molar-refractivity contribution is 0.471. The first-order valence-corrected chi connectivity index (χ1v) is 9.30. The summed E-state index contributed by atoms with van der Waals surface area (Å²) in [6.07, 6.45) is 19.8. The van der Waals surface area contributed by atoms with Crippen LogP contribution in [0.25, 0.3) is 0 Å². The molecule has 0 atom stereocenters. The van der Waals surface area contributed by atoms with E-state index in [0.717, 1.165) is 52.6 Å². The highest BCUT2D eigenvalue weighted by Gasteiger charge is 2.32. The number of aliphatic hydroxyl groups is 1. The fourth-order valence-corrected chi connectivity index (χ4v) is 3.77. The fraction of sp³-hybridized carbons (Fsp3) is 0.174. The number of fused-ring (bicyclic) bond motifs is 5. The molecule has 2 N–H and O–H groups in total. The molecule has 5 rings (SSSR count). The van der Waals surface area contributed by atoms with Crippen molar-refractivity contribution in [2.75, 3.05) is 0 Å². The van der Waals surface area contributed by atoms with Crippen LogP contribution in [0.1, 0.15) is 20.3 Å². The number of hydrogen-bond acceptors (Lipinski definition) is 5. The van der Waals surface area contributed by atoms with Crippen LogP contribution in [0.2, 0.25) is 0 Å². The Kier molecular flexibility index (Phi) is 3.59. The Morgan fingerprint density at radius 1 is 0.857 bits per heavy atom. The third-order valence-electron chi connectivity index (χ3n) is 5.21. The van der Waals surface area contributed by atoms with Crippen molar-refractivity contribution in [3.05, 3.63) is 95.0 Å². The number of nitrogens with zero attached hydrogens (tertiary/aromatic N) is 3. The first kappa shape index (κ1) is 16.7. The highest BCUT2D eigenvalue weighted by molar-refractivity contribution is 6.15. The fourth-order valence-electron chi connectivity index (χ4n) is 3.77. The highest BCUT2D eigenvalue weighted by Crippen LogP contribution is 2.39. The van der Waals surface area contributed by atoms with E-state index in [2.05, 4.69) is 41.3 Å². The van der Waals surface area contributed by atoms with E-state index in [0.29, 0.717) is 11.3 Å². The van der Waals surface area contributed by atoms with Gasteiger partial charge in [0.15, 0.2) is 0 Å². The van der Waals surface area contributed by atoms with Crippen molar-refractivity contribution in [3.8, 4) is 0 Å². The van der Waals surface area contributed by atoms with Crippen LogP contribution < -0.4 is 5.32 Å². The smallest absolute Gasteiger partial charge is 0.0886 e. The molecule has 5 aliphatic heterocycles. The monoisotopic (exact) mass is 368 g/mol. The van der Waals surface area contributed by atoms with Gasteiger partial charge in [0.05, 0.1) is 40.5 Å². The Hall–Kier alpha value is -3.47. The zero-order chi connectivity index (χ0) is 19.3. The van der Waals surface area contributed by atoms with Gasteiger partial charge in [-0.1, -0.05) is 13.8 Å². The van der Waals surface area contributed by atoms with Gasteiger partial charge in [-0.2, -0.15) is 0 Å². The molecule has 0 saturated carbocycles. The summed E-state index contributed by atoms with van der Waals surface area (Å²) >= 11 is 0. The van der Waals surface area contributed by atoms with Gasteiger partial charge in [-0.15, -0.1) is 0 Å². The van der Waals surface area contributed by atoms with Crippen LogP contribution in [-0.4, -0.2) is 22.2 Å². The zero-order valence-electron chi connectivity index (χ0n) is 15.8. The summed E-state index contributed by atoms with van der Waals surface area (Å²) in [7, 11) is 0. The Bertz CT molecular complexity index is 1130. The minimum Gasteiger partial charge on any atom is -0.515 e. The minimum absolute atomic E-state index is 0.0327. The molecule has 1 fully saturated rings. The second kappa shape index (κ2) is 6.02. The average Bonchev–Trinajstić information content (AvgIpc) is 3.39. The van der Waals surface area contributed by atoms with E-state index < -0.39 is 0 Å². The molecule has 28 heavy (non-hydrogen) atoms. The molecule has 5 heterocycles. The van der Waals surface area contributed by atoms with Crippen LogP contribution in [0, 0.1) is 5.41 Å². The molecule has 0 radical (unpaired) electrons. The van der Waals surface area contributed by atoms with E-state index in [1.54, 1.807) is 0 Å². The van der Waals surface area contributed by atoms with Crippen molar-refractivity contribution in [1.29, 1.82) is 0 Å². The van der Waals surface area contributed by atoms with Gasteiger partial charge in [0.25, 0.3) is 0 Å². The van der Waals surface area contributed by atoms with Crippen molar-refractivity contribution in [2.45, 2.75) is 20.3 Å². The van der Waals surface area contributed by atoms with E-state index in [9.17, 15) is 5.11 Å². The second-order valence-electron chi connectivity index (χ2n) is 7.94. The highest BCUT2D eigenvalue weighted by atomic mass is 16.2. The molecule has 0 aliphatic carbocycles. The molecule has 138 valence electrons. The molecule has 5 heteroatoms. The predicted molar refractivity (Wildman–Crippen MR) is 113 cm³/mol. The van der Waals surface area contributed by atoms with Crippen LogP contribution in [0.4, 0.5) is 0 Å². The summed E-state index contributed by atoms with van der Waals surface area (Å²) in [5.41, 5.74) is 7.85. The molecule has 1 saturated heterocycles. The minimum atomic E-state index is -0.0327. The van der Waals surface area contributed by atoms with Crippen molar-refractivity contribution >= 4 is 17.1 Å². The first-order valence-electron chi connectivity index (χ1n) is 9.30. The molecule has 5 nitrogen and oxygen atoms in total. The van der Waals surface area contributed by atoms with Gasteiger partial charge in [-0.05, 0) is 61.1 Å². The number of nitrogens with one attached hydrogen (secondary N) is 1. The normalized spacial score (nSPS) is 25.4. The van der Waals surface area contributed by atoms with Crippen LogP contribution in [0.15, 0.2) is 110 Å². The Labute approximate surface area is 163 Å². The maximum absolute atomic E-state index is 9.64. The van der Waals surface area contributed by atoms with Gasteiger partial charge in [-0.25, -0.2) is 15.0 Å². The summed E-state index contributed by atoms with van der Waals surface area (Å²) in [4.78, 5) is 14.0. The third kappa shape index (κ3) is 2.95. The summed E-state index contributed by atoms with van der Waals surface area (Å²) in [6, 6.07) is 0. The molecule has 0 amide bonds.